The Hall–Kier alpha value is -2.56. The van der Waals surface area contributed by atoms with Gasteiger partial charge in [0.1, 0.15) is 5.58 Å². The van der Waals surface area contributed by atoms with Gasteiger partial charge in [-0.3, -0.25) is 9.48 Å². The van der Waals surface area contributed by atoms with Crippen molar-refractivity contribution in [3.63, 3.8) is 0 Å². The maximum absolute atomic E-state index is 12.4. The molecule has 1 aromatic carbocycles. The molecule has 1 N–H and O–H groups in total. The third kappa shape index (κ3) is 2.50. The van der Waals surface area contributed by atoms with Gasteiger partial charge >= 0.3 is 0 Å². The summed E-state index contributed by atoms with van der Waals surface area (Å²) in [6, 6.07) is 4.06. The minimum absolute atomic E-state index is 0.199. The normalized spacial score (nSPS) is 11.1. The smallest absolute Gasteiger partial charge is 0.287 e. The average molecular weight is 297 g/mol. The largest absolute Gasteiger partial charge is 0.451 e. The molecule has 0 saturated heterocycles. The van der Waals surface area contributed by atoms with Crippen LogP contribution in [0.5, 0.6) is 0 Å². The molecule has 1 amide bonds. The number of hydrogen-bond acceptors (Lipinski definition) is 3. The molecule has 0 unspecified atom stereocenters. The van der Waals surface area contributed by atoms with Crippen molar-refractivity contribution >= 4 is 16.9 Å². The molecule has 5 nitrogen and oxygen atoms in total. The van der Waals surface area contributed by atoms with E-state index in [-0.39, 0.29) is 5.91 Å². The lowest BCUT2D eigenvalue weighted by atomic mass is 10.0. The summed E-state index contributed by atoms with van der Waals surface area (Å²) < 4.78 is 7.49. The van der Waals surface area contributed by atoms with E-state index in [4.69, 9.17) is 4.42 Å². The van der Waals surface area contributed by atoms with Gasteiger partial charge < -0.3 is 9.73 Å². The van der Waals surface area contributed by atoms with Gasteiger partial charge in [0.25, 0.3) is 5.91 Å². The Kier molecular flexibility index (Phi) is 3.48. The van der Waals surface area contributed by atoms with Gasteiger partial charge in [-0.05, 0) is 38.0 Å². The number of nitrogens with zero attached hydrogens (tertiary/aromatic N) is 2. The molecule has 2 heterocycles. The number of aromatic nitrogens is 2. The van der Waals surface area contributed by atoms with E-state index in [2.05, 4.69) is 16.5 Å². The second-order valence-corrected chi connectivity index (χ2v) is 5.72. The van der Waals surface area contributed by atoms with Crippen LogP contribution in [0.15, 0.2) is 28.9 Å². The van der Waals surface area contributed by atoms with Crippen molar-refractivity contribution in [2.75, 3.05) is 0 Å². The van der Waals surface area contributed by atoms with Crippen LogP contribution in [0.4, 0.5) is 0 Å². The summed E-state index contributed by atoms with van der Waals surface area (Å²) in [5.74, 6) is 0.183. The fourth-order valence-electron chi connectivity index (χ4n) is 2.83. The SMILES string of the molecule is Cc1cc(C)c2c(C)c(C(=O)NCc3cnn(C)c3)oc2c1. The zero-order valence-corrected chi connectivity index (χ0v) is 13.2. The van der Waals surface area contributed by atoms with Crippen molar-refractivity contribution in [2.45, 2.75) is 27.3 Å². The Morgan fingerprint density at radius 1 is 1.32 bits per heavy atom. The molecule has 0 aliphatic carbocycles. The summed E-state index contributed by atoms with van der Waals surface area (Å²) in [5.41, 5.74) is 4.86. The Bertz CT molecular complexity index is 858. The lowest BCUT2D eigenvalue weighted by Gasteiger charge is -2.01. The number of amides is 1. The number of nitrogens with one attached hydrogen (secondary N) is 1. The number of carbonyl (C=O) groups is 1. The van der Waals surface area contributed by atoms with E-state index in [0.29, 0.717) is 12.3 Å². The Morgan fingerprint density at radius 3 is 2.77 bits per heavy atom. The minimum atomic E-state index is -0.199. The molecular weight excluding hydrogens is 278 g/mol. The summed E-state index contributed by atoms with van der Waals surface area (Å²) in [5, 5.41) is 7.99. The Labute approximate surface area is 128 Å². The Balaban J connectivity index is 1.87. The first kappa shape index (κ1) is 14.4. The van der Waals surface area contributed by atoms with Gasteiger partial charge in [-0.25, -0.2) is 0 Å². The number of furan rings is 1. The third-order valence-electron chi connectivity index (χ3n) is 3.79. The quantitative estimate of drug-likeness (QED) is 0.808. The molecule has 22 heavy (non-hydrogen) atoms. The van der Waals surface area contributed by atoms with Crippen LogP contribution in [0.25, 0.3) is 11.0 Å². The van der Waals surface area contributed by atoms with E-state index in [9.17, 15) is 4.79 Å². The van der Waals surface area contributed by atoms with E-state index in [1.807, 2.05) is 40.1 Å². The monoisotopic (exact) mass is 297 g/mol. The van der Waals surface area contributed by atoms with Crippen molar-refractivity contribution in [3.05, 3.63) is 52.5 Å². The first-order chi connectivity index (χ1) is 10.5. The Morgan fingerprint density at radius 2 is 2.09 bits per heavy atom. The highest BCUT2D eigenvalue weighted by Gasteiger charge is 2.19. The number of rotatable bonds is 3. The molecule has 0 spiro atoms. The molecule has 0 bridgehead atoms. The maximum Gasteiger partial charge on any atom is 0.287 e. The first-order valence-electron chi connectivity index (χ1n) is 7.22. The molecule has 0 radical (unpaired) electrons. The van der Waals surface area contributed by atoms with Gasteiger partial charge in [-0.2, -0.15) is 5.10 Å². The van der Waals surface area contributed by atoms with Crippen molar-refractivity contribution in [3.8, 4) is 0 Å². The molecule has 2 aromatic heterocycles. The van der Waals surface area contributed by atoms with Gasteiger partial charge in [-0.1, -0.05) is 6.07 Å². The van der Waals surface area contributed by atoms with Crippen LogP contribution < -0.4 is 5.32 Å². The van der Waals surface area contributed by atoms with Gasteiger partial charge in [-0.15, -0.1) is 0 Å². The summed E-state index contributed by atoms with van der Waals surface area (Å²) in [7, 11) is 1.85. The fourth-order valence-corrected chi connectivity index (χ4v) is 2.83. The molecule has 114 valence electrons. The number of hydrogen-bond donors (Lipinski definition) is 1. The van der Waals surface area contributed by atoms with Crippen LogP contribution in [0.2, 0.25) is 0 Å². The standard InChI is InChI=1S/C17H19N3O2/c1-10-5-11(2)15-12(3)16(22-14(15)6-10)17(21)18-7-13-8-19-20(4)9-13/h5-6,8-9H,7H2,1-4H3,(H,18,21). The van der Waals surface area contributed by atoms with Crippen LogP contribution >= 0.6 is 0 Å². The van der Waals surface area contributed by atoms with Crippen molar-refractivity contribution in [1.82, 2.24) is 15.1 Å². The molecule has 3 aromatic rings. The van der Waals surface area contributed by atoms with Gasteiger partial charge in [0, 0.05) is 36.3 Å². The lowest BCUT2D eigenvalue weighted by Crippen LogP contribution is -2.22. The first-order valence-corrected chi connectivity index (χ1v) is 7.22. The van der Waals surface area contributed by atoms with Gasteiger partial charge in [0.15, 0.2) is 5.76 Å². The van der Waals surface area contributed by atoms with Crippen LogP contribution in [0.3, 0.4) is 0 Å². The molecule has 5 heteroatoms. The predicted octanol–water partition coefficient (Wildman–Crippen LogP) is 3.02. The van der Waals surface area contributed by atoms with E-state index in [0.717, 1.165) is 33.2 Å². The molecule has 0 fully saturated rings. The van der Waals surface area contributed by atoms with Crippen LogP contribution in [0.1, 0.15) is 32.8 Å². The lowest BCUT2D eigenvalue weighted by molar-refractivity contribution is 0.0924. The predicted molar refractivity (Wildman–Crippen MR) is 84.8 cm³/mol. The summed E-state index contributed by atoms with van der Waals surface area (Å²) in [4.78, 5) is 12.4. The van der Waals surface area contributed by atoms with Crippen LogP contribution in [-0.2, 0) is 13.6 Å². The highest BCUT2D eigenvalue weighted by Crippen LogP contribution is 2.29. The summed E-state index contributed by atoms with van der Waals surface area (Å²) in [6.45, 7) is 6.41. The van der Waals surface area contributed by atoms with Gasteiger partial charge in [0.05, 0.1) is 6.20 Å². The van der Waals surface area contributed by atoms with Crippen molar-refractivity contribution in [2.24, 2.45) is 7.05 Å². The second-order valence-electron chi connectivity index (χ2n) is 5.72. The van der Waals surface area contributed by atoms with Crippen molar-refractivity contribution < 1.29 is 9.21 Å². The topological polar surface area (TPSA) is 60.1 Å². The van der Waals surface area contributed by atoms with E-state index in [1.165, 1.54) is 0 Å². The van der Waals surface area contributed by atoms with E-state index in [1.54, 1.807) is 10.9 Å². The number of benzene rings is 1. The van der Waals surface area contributed by atoms with E-state index < -0.39 is 0 Å². The van der Waals surface area contributed by atoms with Crippen LogP contribution in [-0.4, -0.2) is 15.7 Å². The zero-order valence-electron chi connectivity index (χ0n) is 13.2. The number of fused-ring (bicyclic) bond motifs is 1. The van der Waals surface area contributed by atoms with Crippen molar-refractivity contribution in [1.29, 1.82) is 0 Å². The van der Waals surface area contributed by atoms with Gasteiger partial charge in [0.2, 0.25) is 0 Å². The maximum atomic E-state index is 12.4. The van der Waals surface area contributed by atoms with Crippen LogP contribution in [0, 0.1) is 20.8 Å². The summed E-state index contributed by atoms with van der Waals surface area (Å²) in [6.07, 6.45) is 3.61. The molecule has 0 saturated carbocycles. The highest BCUT2D eigenvalue weighted by atomic mass is 16.3. The number of aryl methyl sites for hydroxylation is 4. The fraction of sp³-hybridized carbons (Fsp3) is 0.294. The molecular formula is C17H19N3O2. The molecule has 0 aliphatic heterocycles. The minimum Gasteiger partial charge on any atom is -0.451 e. The molecule has 0 atom stereocenters. The average Bonchev–Trinajstić information content (AvgIpc) is 3.00. The summed E-state index contributed by atoms with van der Waals surface area (Å²) >= 11 is 0. The highest BCUT2D eigenvalue weighted by molar-refractivity contribution is 5.99. The molecule has 0 aliphatic rings. The zero-order chi connectivity index (χ0) is 15.9. The molecule has 3 rings (SSSR count). The third-order valence-corrected chi connectivity index (χ3v) is 3.79. The number of carbonyl (C=O) groups excluding carboxylic acids is 1. The van der Waals surface area contributed by atoms with E-state index >= 15 is 0 Å². The second kappa shape index (κ2) is 5.33.